The van der Waals surface area contributed by atoms with Crippen molar-refractivity contribution in [3.63, 3.8) is 0 Å². The second kappa shape index (κ2) is 9.67. The fourth-order valence-electron chi connectivity index (χ4n) is 2.98. The molecule has 0 aromatic heterocycles. The number of hydrogen-bond acceptors (Lipinski definition) is 3. The van der Waals surface area contributed by atoms with Gasteiger partial charge in [-0.1, -0.05) is 18.2 Å². The van der Waals surface area contributed by atoms with Crippen LogP contribution in [0.15, 0.2) is 39.0 Å². The Morgan fingerprint density at radius 1 is 1.38 bits per heavy atom. The predicted molar refractivity (Wildman–Crippen MR) is 106 cm³/mol. The first kappa shape index (κ1) is 18.8. The number of ether oxygens (including phenoxy) is 1. The fraction of sp³-hybridized carbons (Fsp3) is 0.474. The molecule has 1 N–H and O–H groups in total. The number of halogens is 1. The van der Waals surface area contributed by atoms with Crippen LogP contribution < -0.4 is 10.1 Å². The van der Waals surface area contributed by atoms with Crippen molar-refractivity contribution < 1.29 is 4.74 Å². The number of aliphatic imine (C=N–C) groups is 1. The SMILES string of the molecule is COc1ccccc1CN/C(=N\C=C(/C)I)C1CCC(C#N)CC1. The van der Waals surface area contributed by atoms with E-state index in [-0.39, 0.29) is 5.92 Å². The maximum Gasteiger partial charge on any atom is 0.123 e. The molecule has 2 rings (SSSR count). The fourth-order valence-corrected chi connectivity index (χ4v) is 3.12. The van der Waals surface area contributed by atoms with E-state index in [4.69, 9.17) is 10.00 Å². The van der Waals surface area contributed by atoms with E-state index in [1.807, 2.05) is 31.3 Å². The number of rotatable bonds is 5. The summed E-state index contributed by atoms with van der Waals surface area (Å²) in [6.07, 6.45) is 5.86. The van der Waals surface area contributed by atoms with E-state index < -0.39 is 0 Å². The normalized spacial score (nSPS) is 21.9. The monoisotopic (exact) mass is 437 g/mol. The first-order valence-electron chi connectivity index (χ1n) is 8.29. The lowest BCUT2D eigenvalue weighted by Gasteiger charge is -2.26. The maximum atomic E-state index is 9.08. The number of nitriles is 1. The van der Waals surface area contributed by atoms with E-state index in [0.717, 1.165) is 46.4 Å². The number of amidine groups is 1. The number of methoxy groups -OCH3 is 1. The number of benzene rings is 1. The molecule has 1 aromatic carbocycles. The smallest absolute Gasteiger partial charge is 0.123 e. The minimum Gasteiger partial charge on any atom is -0.496 e. The summed E-state index contributed by atoms with van der Waals surface area (Å²) in [5.41, 5.74) is 1.12. The number of hydrogen-bond donors (Lipinski definition) is 1. The van der Waals surface area contributed by atoms with Gasteiger partial charge in [0.1, 0.15) is 11.6 Å². The highest BCUT2D eigenvalue weighted by atomic mass is 127. The molecule has 1 saturated carbocycles. The third-order valence-corrected chi connectivity index (χ3v) is 4.61. The lowest BCUT2D eigenvalue weighted by atomic mass is 9.82. The Bertz CT molecular complexity index is 636. The molecule has 5 heteroatoms. The van der Waals surface area contributed by atoms with Gasteiger partial charge in [-0.25, -0.2) is 4.99 Å². The summed E-state index contributed by atoms with van der Waals surface area (Å²) < 4.78 is 6.57. The molecule has 0 bridgehead atoms. The number of nitrogens with zero attached hydrogens (tertiary/aromatic N) is 2. The van der Waals surface area contributed by atoms with E-state index in [9.17, 15) is 0 Å². The lowest BCUT2D eigenvalue weighted by molar-refractivity contribution is 0.372. The van der Waals surface area contributed by atoms with Crippen molar-refractivity contribution in [3.05, 3.63) is 39.6 Å². The number of para-hydroxylation sites is 1. The lowest BCUT2D eigenvalue weighted by Crippen LogP contribution is -2.33. The molecule has 0 unspecified atom stereocenters. The van der Waals surface area contributed by atoms with E-state index in [1.165, 1.54) is 0 Å². The number of allylic oxidation sites excluding steroid dienone is 1. The Morgan fingerprint density at radius 2 is 2.08 bits per heavy atom. The van der Waals surface area contributed by atoms with Crippen LogP contribution in [0.2, 0.25) is 0 Å². The summed E-state index contributed by atoms with van der Waals surface area (Å²) in [5, 5.41) is 12.6. The maximum absolute atomic E-state index is 9.08. The summed E-state index contributed by atoms with van der Waals surface area (Å²) in [6, 6.07) is 10.4. The van der Waals surface area contributed by atoms with Crippen molar-refractivity contribution in [3.8, 4) is 11.8 Å². The quantitative estimate of drug-likeness (QED) is 0.409. The molecule has 0 saturated heterocycles. The molecule has 128 valence electrons. The van der Waals surface area contributed by atoms with Crippen LogP contribution in [0.1, 0.15) is 38.2 Å². The van der Waals surface area contributed by atoms with Gasteiger partial charge in [-0.15, -0.1) is 0 Å². The van der Waals surface area contributed by atoms with Gasteiger partial charge in [0.2, 0.25) is 0 Å². The van der Waals surface area contributed by atoms with Crippen molar-refractivity contribution in [1.29, 1.82) is 5.26 Å². The Hall–Kier alpha value is -1.55. The molecule has 1 aliphatic carbocycles. The molecule has 0 heterocycles. The van der Waals surface area contributed by atoms with Gasteiger partial charge >= 0.3 is 0 Å². The first-order chi connectivity index (χ1) is 11.6. The Labute approximate surface area is 158 Å². The summed E-state index contributed by atoms with van der Waals surface area (Å²) in [7, 11) is 1.69. The van der Waals surface area contributed by atoms with Crippen LogP contribution in [0.4, 0.5) is 0 Å². The van der Waals surface area contributed by atoms with Gasteiger partial charge < -0.3 is 10.1 Å². The Kier molecular flexibility index (Phi) is 7.57. The Morgan fingerprint density at radius 3 is 2.71 bits per heavy atom. The summed E-state index contributed by atoms with van der Waals surface area (Å²) in [6.45, 7) is 2.73. The minimum absolute atomic E-state index is 0.207. The highest BCUT2D eigenvalue weighted by Crippen LogP contribution is 2.29. The summed E-state index contributed by atoms with van der Waals surface area (Å²) >= 11 is 2.27. The molecule has 0 amide bonds. The van der Waals surface area contributed by atoms with Gasteiger partial charge in [0.05, 0.1) is 13.2 Å². The van der Waals surface area contributed by atoms with E-state index >= 15 is 0 Å². The minimum atomic E-state index is 0.207. The summed E-state index contributed by atoms with van der Waals surface area (Å²) in [4.78, 5) is 4.68. The molecule has 4 nitrogen and oxygen atoms in total. The predicted octanol–water partition coefficient (Wildman–Crippen LogP) is 4.81. The Balaban J connectivity index is 2.08. The molecule has 1 fully saturated rings. The van der Waals surface area contributed by atoms with Gasteiger partial charge in [-0.05, 0) is 61.3 Å². The molecule has 0 radical (unpaired) electrons. The molecular formula is C19H24IN3O. The molecule has 0 aliphatic heterocycles. The highest BCUT2D eigenvalue weighted by Gasteiger charge is 2.24. The van der Waals surface area contributed by atoms with Crippen LogP contribution in [-0.2, 0) is 6.54 Å². The van der Waals surface area contributed by atoms with Gasteiger partial charge in [0, 0.05) is 33.7 Å². The van der Waals surface area contributed by atoms with Crippen molar-refractivity contribution in [2.75, 3.05) is 7.11 Å². The zero-order chi connectivity index (χ0) is 17.4. The molecule has 24 heavy (non-hydrogen) atoms. The van der Waals surface area contributed by atoms with Crippen LogP contribution >= 0.6 is 22.6 Å². The second-order valence-corrected chi connectivity index (χ2v) is 7.77. The zero-order valence-electron chi connectivity index (χ0n) is 14.3. The molecule has 0 atom stereocenters. The molecule has 0 spiro atoms. The van der Waals surface area contributed by atoms with Crippen LogP contribution in [0.3, 0.4) is 0 Å². The first-order valence-corrected chi connectivity index (χ1v) is 9.37. The largest absolute Gasteiger partial charge is 0.496 e. The molecule has 1 aliphatic rings. The van der Waals surface area contributed by atoms with Crippen LogP contribution in [0, 0.1) is 23.2 Å². The van der Waals surface area contributed by atoms with Gasteiger partial charge in [-0.2, -0.15) is 5.26 Å². The third kappa shape index (κ3) is 5.52. The van der Waals surface area contributed by atoms with Crippen molar-refractivity contribution >= 4 is 28.4 Å². The van der Waals surface area contributed by atoms with E-state index in [0.29, 0.717) is 12.5 Å². The third-order valence-electron chi connectivity index (χ3n) is 4.33. The van der Waals surface area contributed by atoms with Crippen LogP contribution in [0.25, 0.3) is 0 Å². The van der Waals surface area contributed by atoms with Crippen LogP contribution in [-0.4, -0.2) is 12.9 Å². The zero-order valence-corrected chi connectivity index (χ0v) is 16.4. The van der Waals surface area contributed by atoms with Gasteiger partial charge in [0.25, 0.3) is 0 Å². The van der Waals surface area contributed by atoms with Crippen molar-refractivity contribution in [2.24, 2.45) is 16.8 Å². The standard InChI is InChI=1S/C19H24IN3O/c1-14(20)12-22-19(16-9-7-15(11-21)8-10-16)23-13-17-5-3-4-6-18(17)24-2/h3-6,12,15-16H,7-10,13H2,1-2H3,(H,22,23)/b14-12+. The average molecular weight is 437 g/mol. The number of nitrogens with one attached hydrogen (secondary N) is 1. The van der Waals surface area contributed by atoms with Gasteiger partial charge in [0.15, 0.2) is 0 Å². The average Bonchev–Trinajstić information content (AvgIpc) is 2.62. The second-order valence-electron chi connectivity index (χ2n) is 6.07. The van der Waals surface area contributed by atoms with E-state index in [1.54, 1.807) is 7.11 Å². The van der Waals surface area contributed by atoms with Crippen LogP contribution in [0.5, 0.6) is 5.75 Å². The summed E-state index contributed by atoms with van der Waals surface area (Å²) in [5.74, 6) is 2.52. The van der Waals surface area contributed by atoms with E-state index in [2.05, 4.69) is 45.0 Å². The highest BCUT2D eigenvalue weighted by molar-refractivity contribution is 14.1. The molecular weight excluding hydrogens is 413 g/mol. The van der Waals surface area contributed by atoms with Gasteiger partial charge in [-0.3, -0.25) is 0 Å². The van der Waals surface area contributed by atoms with Crippen molar-refractivity contribution in [1.82, 2.24) is 5.32 Å². The van der Waals surface area contributed by atoms with Crippen molar-refractivity contribution in [2.45, 2.75) is 39.2 Å². The topological polar surface area (TPSA) is 57.4 Å². The molecule has 1 aromatic rings.